The van der Waals surface area contributed by atoms with Crippen LogP contribution in [0.3, 0.4) is 0 Å². The highest BCUT2D eigenvalue weighted by molar-refractivity contribution is 6.58. The van der Waals surface area contributed by atoms with Crippen molar-refractivity contribution in [1.82, 2.24) is 19.4 Å². The van der Waals surface area contributed by atoms with Gasteiger partial charge in [-0.1, -0.05) is 24.3 Å². The summed E-state index contributed by atoms with van der Waals surface area (Å²) in [5.41, 5.74) is 9.39. The number of hydrogen-bond donors (Lipinski definition) is 4. The molecule has 5 N–H and O–H groups in total. The number of rotatable bonds is 6. The van der Waals surface area contributed by atoms with Gasteiger partial charge in [-0.05, 0) is 37.0 Å². The van der Waals surface area contributed by atoms with Gasteiger partial charge in [0.05, 0.1) is 17.3 Å². The van der Waals surface area contributed by atoms with Crippen LogP contribution in [0.1, 0.15) is 27.2 Å². The number of hydrogen-bond acceptors (Lipinski definition) is 7. The fourth-order valence-corrected chi connectivity index (χ4v) is 3.35. The zero-order valence-electron chi connectivity index (χ0n) is 17.1. The standard InChI is InChI=1S/C21H21BN6O3/c1-12-13(2)26-20(21-25-11-17-16(18(23)29)7-4-8-28(17)21)27-19(12)24-10-14-5-3-6-15(9-14)22(30)31/h3-9,11,30-31H,10H2,1-2H3,(H2,23,29)(H,24,26,27). The third kappa shape index (κ3) is 3.98. The highest BCUT2D eigenvalue weighted by Crippen LogP contribution is 2.23. The minimum Gasteiger partial charge on any atom is -0.423 e. The Hall–Kier alpha value is -3.76. The molecule has 4 rings (SSSR count). The van der Waals surface area contributed by atoms with Crippen molar-refractivity contribution >= 4 is 29.8 Å². The number of primary amides is 1. The van der Waals surface area contributed by atoms with Crippen LogP contribution in [0, 0.1) is 13.8 Å². The normalized spacial score (nSPS) is 11.0. The van der Waals surface area contributed by atoms with E-state index < -0.39 is 13.0 Å². The van der Waals surface area contributed by atoms with Crippen molar-refractivity contribution in [3.05, 3.63) is 71.2 Å². The summed E-state index contributed by atoms with van der Waals surface area (Å²) in [5.74, 6) is 1.01. The highest BCUT2D eigenvalue weighted by Gasteiger charge is 2.17. The second-order valence-corrected chi connectivity index (χ2v) is 7.20. The van der Waals surface area contributed by atoms with Gasteiger partial charge in [0.15, 0.2) is 11.6 Å². The number of benzene rings is 1. The zero-order chi connectivity index (χ0) is 22.1. The molecule has 0 aliphatic heterocycles. The van der Waals surface area contributed by atoms with Crippen LogP contribution >= 0.6 is 0 Å². The summed E-state index contributed by atoms with van der Waals surface area (Å²) in [6, 6.07) is 10.4. The average Bonchev–Trinajstić information content (AvgIpc) is 3.19. The summed E-state index contributed by atoms with van der Waals surface area (Å²) in [4.78, 5) is 25.4. The number of amides is 1. The molecule has 10 heteroatoms. The van der Waals surface area contributed by atoms with Gasteiger partial charge >= 0.3 is 7.12 Å². The van der Waals surface area contributed by atoms with Crippen molar-refractivity contribution in [3.63, 3.8) is 0 Å². The summed E-state index contributed by atoms with van der Waals surface area (Å²) in [6.45, 7) is 4.24. The first kappa shape index (κ1) is 20.5. The molecule has 0 saturated carbocycles. The Kier molecular flexibility index (Phi) is 5.41. The number of carbonyl (C=O) groups is 1. The molecular weight excluding hydrogens is 395 g/mol. The first-order valence-corrected chi connectivity index (χ1v) is 9.65. The maximum Gasteiger partial charge on any atom is 0.488 e. The number of nitrogens with two attached hydrogens (primary N) is 1. The van der Waals surface area contributed by atoms with Gasteiger partial charge in [0.2, 0.25) is 0 Å². The van der Waals surface area contributed by atoms with Crippen LogP contribution in [-0.4, -0.2) is 42.4 Å². The molecule has 4 aromatic rings. The molecule has 9 nitrogen and oxygen atoms in total. The van der Waals surface area contributed by atoms with Crippen molar-refractivity contribution in [2.75, 3.05) is 5.32 Å². The van der Waals surface area contributed by atoms with Gasteiger partial charge in [-0.15, -0.1) is 0 Å². The number of imidazole rings is 1. The van der Waals surface area contributed by atoms with Gasteiger partial charge in [0.25, 0.3) is 5.91 Å². The first-order chi connectivity index (χ1) is 14.8. The third-order valence-corrected chi connectivity index (χ3v) is 5.13. The SMILES string of the molecule is Cc1nc(-c2ncc3c(C(N)=O)cccn23)nc(NCc2cccc(B(O)O)c2)c1C. The zero-order valence-corrected chi connectivity index (χ0v) is 17.1. The largest absolute Gasteiger partial charge is 0.488 e. The van der Waals surface area contributed by atoms with E-state index in [1.54, 1.807) is 47.1 Å². The minimum absolute atomic E-state index is 0.370. The lowest BCUT2D eigenvalue weighted by molar-refractivity contribution is 0.100. The van der Waals surface area contributed by atoms with Gasteiger partial charge in [0.1, 0.15) is 5.82 Å². The van der Waals surface area contributed by atoms with E-state index in [9.17, 15) is 14.8 Å². The Morgan fingerprint density at radius 1 is 1.19 bits per heavy atom. The molecule has 0 aliphatic carbocycles. The van der Waals surface area contributed by atoms with Crippen LogP contribution < -0.4 is 16.5 Å². The summed E-state index contributed by atoms with van der Waals surface area (Å²) in [5, 5.41) is 22.0. The van der Waals surface area contributed by atoms with Crippen LogP contribution in [-0.2, 0) is 6.54 Å². The lowest BCUT2D eigenvalue weighted by Crippen LogP contribution is -2.30. The van der Waals surface area contributed by atoms with E-state index in [2.05, 4.69) is 20.3 Å². The van der Waals surface area contributed by atoms with Crippen molar-refractivity contribution in [3.8, 4) is 11.6 Å². The van der Waals surface area contributed by atoms with Crippen molar-refractivity contribution in [2.24, 2.45) is 5.73 Å². The Labute approximate surface area is 178 Å². The number of carbonyl (C=O) groups excluding carboxylic acids is 1. The molecule has 3 aromatic heterocycles. The van der Waals surface area contributed by atoms with Crippen LogP contribution in [0.4, 0.5) is 5.82 Å². The van der Waals surface area contributed by atoms with E-state index in [1.807, 2.05) is 19.9 Å². The Bertz CT molecular complexity index is 1290. The monoisotopic (exact) mass is 416 g/mol. The molecule has 31 heavy (non-hydrogen) atoms. The van der Waals surface area contributed by atoms with Crippen LogP contribution in [0.15, 0.2) is 48.8 Å². The minimum atomic E-state index is -1.52. The molecule has 0 fully saturated rings. The second-order valence-electron chi connectivity index (χ2n) is 7.20. The number of anilines is 1. The smallest absolute Gasteiger partial charge is 0.423 e. The number of aryl methyl sites for hydroxylation is 1. The number of pyridine rings is 1. The Morgan fingerprint density at radius 2 is 2.00 bits per heavy atom. The molecule has 1 aromatic carbocycles. The quantitative estimate of drug-likeness (QED) is 0.341. The molecule has 156 valence electrons. The number of aromatic nitrogens is 4. The number of nitrogens with zero attached hydrogens (tertiary/aromatic N) is 4. The van der Waals surface area contributed by atoms with Gasteiger partial charge in [-0.3, -0.25) is 9.20 Å². The van der Waals surface area contributed by atoms with Gasteiger partial charge in [-0.2, -0.15) is 0 Å². The first-order valence-electron chi connectivity index (χ1n) is 9.65. The summed E-state index contributed by atoms with van der Waals surface area (Å²) >= 11 is 0. The predicted molar refractivity (Wildman–Crippen MR) is 118 cm³/mol. The van der Waals surface area contributed by atoms with E-state index in [-0.39, 0.29) is 0 Å². The fourth-order valence-electron chi connectivity index (χ4n) is 3.35. The van der Waals surface area contributed by atoms with E-state index in [0.717, 1.165) is 16.8 Å². The Balaban J connectivity index is 1.69. The van der Waals surface area contributed by atoms with Crippen LogP contribution in [0.2, 0.25) is 0 Å². The molecule has 3 heterocycles. The molecule has 0 aliphatic rings. The summed E-state index contributed by atoms with van der Waals surface area (Å²) < 4.78 is 1.74. The van der Waals surface area contributed by atoms with Crippen molar-refractivity contribution < 1.29 is 14.8 Å². The molecule has 0 bridgehead atoms. The predicted octanol–water partition coefficient (Wildman–Crippen LogP) is 0.799. The maximum absolute atomic E-state index is 11.7. The number of fused-ring (bicyclic) bond motifs is 1. The lowest BCUT2D eigenvalue weighted by Gasteiger charge is -2.13. The van der Waals surface area contributed by atoms with E-state index in [4.69, 9.17) is 5.73 Å². The summed E-state index contributed by atoms with van der Waals surface area (Å²) in [6.07, 6.45) is 3.36. The second kappa shape index (κ2) is 8.17. The highest BCUT2D eigenvalue weighted by atomic mass is 16.4. The van der Waals surface area contributed by atoms with Crippen molar-refractivity contribution in [1.29, 1.82) is 0 Å². The van der Waals surface area contributed by atoms with Gasteiger partial charge < -0.3 is 21.1 Å². The number of nitrogens with one attached hydrogen (secondary N) is 1. The maximum atomic E-state index is 11.7. The van der Waals surface area contributed by atoms with E-state index >= 15 is 0 Å². The average molecular weight is 416 g/mol. The van der Waals surface area contributed by atoms with E-state index in [0.29, 0.717) is 40.6 Å². The fraction of sp³-hybridized carbons (Fsp3) is 0.143. The van der Waals surface area contributed by atoms with E-state index in [1.165, 1.54) is 0 Å². The van der Waals surface area contributed by atoms with Crippen molar-refractivity contribution in [2.45, 2.75) is 20.4 Å². The molecule has 0 radical (unpaired) electrons. The molecule has 0 unspecified atom stereocenters. The molecule has 1 amide bonds. The molecule has 0 saturated heterocycles. The third-order valence-electron chi connectivity index (χ3n) is 5.13. The molecular formula is C21H21BN6O3. The molecule has 0 atom stereocenters. The van der Waals surface area contributed by atoms with Crippen LogP contribution in [0.5, 0.6) is 0 Å². The lowest BCUT2D eigenvalue weighted by atomic mass is 9.80. The summed E-state index contributed by atoms with van der Waals surface area (Å²) in [7, 11) is -1.52. The topological polar surface area (TPSA) is 139 Å². The Morgan fingerprint density at radius 3 is 2.74 bits per heavy atom. The van der Waals surface area contributed by atoms with Gasteiger partial charge in [-0.25, -0.2) is 15.0 Å². The van der Waals surface area contributed by atoms with Gasteiger partial charge in [0, 0.05) is 24.0 Å². The van der Waals surface area contributed by atoms with Crippen LogP contribution in [0.25, 0.3) is 17.2 Å². The molecule has 0 spiro atoms.